The zero-order valence-corrected chi connectivity index (χ0v) is 9.50. The van der Waals surface area contributed by atoms with Crippen molar-refractivity contribution in [3.63, 3.8) is 0 Å². The number of hydrazine groups is 1. The molecule has 16 heavy (non-hydrogen) atoms. The Balaban J connectivity index is 1.80. The van der Waals surface area contributed by atoms with Crippen molar-refractivity contribution in [3.8, 4) is 0 Å². The highest BCUT2D eigenvalue weighted by Crippen LogP contribution is 2.28. The van der Waals surface area contributed by atoms with Crippen molar-refractivity contribution >= 4 is 0 Å². The highest BCUT2D eigenvalue weighted by atomic mass is 15.4. The quantitative estimate of drug-likeness (QED) is 0.694. The maximum Gasteiger partial charge on any atom is 0.0478 e. The van der Waals surface area contributed by atoms with Crippen LogP contribution in [-0.4, -0.2) is 12.6 Å². The SMILES string of the molecule is NCC1CC(c2ccc3c(c2)CCC3)NN1. The molecule has 3 heteroatoms. The first kappa shape index (κ1) is 10.3. The van der Waals surface area contributed by atoms with Gasteiger partial charge in [0.1, 0.15) is 0 Å². The van der Waals surface area contributed by atoms with Crippen LogP contribution >= 0.6 is 0 Å². The summed E-state index contributed by atoms with van der Waals surface area (Å²) in [7, 11) is 0. The molecule has 2 unspecified atom stereocenters. The van der Waals surface area contributed by atoms with E-state index in [1.165, 1.54) is 24.8 Å². The lowest BCUT2D eigenvalue weighted by Gasteiger charge is -2.11. The van der Waals surface area contributed by atoms with Gasteiger partial charge in [0.2, 0.25) is 0 Å². The maximum atomic E-state index is 5.66. The molecule has 3 rings (SSSR count). The topological polar surface area (TPSA) is 50.1 Å². The molecule has 3 nitrogen and oxygen atoms in total. The number of aryl methyl sites for hydroxylation is 2. The largest absolute Gasteiger partial charge is 0.329 e. The van der Waals surface area contributed by atoms with Gasteiger partial charge in [-0.2, -0.15) is 0 Å². The summed E-state index contributed by atoms with van der Waals surface area (Å²) in [6, 6.07) is 7.79. The highest BCUT2D eigenvalue weighted by Gasteiger charge is 2.24. The van der Waals surface area contributed by atoms with Gasteiger partial charge < -0.3 is 5.73 Å². The monoisotopic (exact) mass is 217 g/mol. The Hall–Kier alpha value is -0.900. The molecule has 2 aliphatic rings. The standard InChI is InChI=1S/C13H19N3/c14-8-12-7-13(16-15-12)11-5-4-9-2-1-3-10(9)6-11/h4-6,12-13,15-16H,1-3,7-8,14H2. The van der Waals surface area contributed by atoms with Crippen LogP contribution in [0.4, 0.5) is 0 Å². The van der Waals surface area contributed by atoms with E-state index in [1.54, 1.807) is 11.1 Å². The van der Waals surface area contributed by atoms with Gasteiger partial charge in [-0.3, -0.25) is 5.43 Å². The van der Waals surface area contributed by atoms with E-state index in [0.717, 1.165) is 6.42 Å². The van der Waals surface area contributed by atoms with Gasteiger partial charge in [-0.05, 0) is 42.4 Å². The number of hydrogen-bond donors (Lipinski definition) is 3. The molecule has 0 bridgehead atoms. The van der Waals surface area contributed by atoms with Crippen molar-refractivity contribution in [1.29, 1.82) is 0 Å². The van der Waals surface area contributed by atoms with Gasteiger partial charge in [0.05, 0.1) is 0 Å². The average Bonchev–Trinajstić information content (AvgIpc) is 2.96. The molecule has 1 aromatic rings. The van der Waals surface area contributed by atoms with Crippen molar-refractivity contribution in [2.75, 3.05) is 6.54 Å². The number of nitrogens with one attached hydrogen (secondary N) is 2. The molecule has 1 aliphatic carbocycles. The predicted octanol–water partition coefficient (Wildman–Crippen LogP) is 1.04. The predicted molar refractivity (Wildman–Crippen MR) is 64.9 cm³/mol. The second-order valence-electron chi connectivity index (χ2n) is 4.89. The molecule has 86 valence electrons. The summed E-state index contributed by atoms with van der Waals surface area (Å²) in [6.45, 7) is 0.703. The molecule has 4 N–H and O–H groups in total. The lowest BCUT2D eigenvalue weighted by molar-refractivity contribution is 0.546. The van der Waals surface area contributed by atoms with Crippen LogP contribution in [0, 0.1) is 0 Å². The first-order valence-electron chi connectivity index (χ1n) is 6.19. The van der Waals surface area contributed by atoms with Crippen molar-refractivity contribution < 1.29 is 0 Å². The van der Waals surface area contributed by atoms with E-state index < -0.39 is 0 Å². The van der Waals surface area contributed by atoms with E-state index in [4.69, 9.17) is 5.73 Å². The summed E-state index contributed by atoms with van der Waals surface area (Å²) < 4.78 is 0. The molecule has 1 aliphatic heterocycles. The van der Waals surface area contributed by atoms with E-state index in [9.17, 15) is 0 Å². The van der Waals surface area contributed by atoms with Crippen molar-refractivity contribution in [2.24, 2.45) is 5.73 Å². The minimum absolute atomic E-state index is 0.415. The van der Waals surface area contributed by atoms with Gasteiger partial charge in [-0.15, -0.1) is 0 Å². The summed E-state index contributed by atoms with van der Waals surface area (Å²) in [6.07, 6.45) is 4.93. The first-order chi connectivity index (χ1) is 7.86. The van der Waals surface area contributed by atoms with E-state index >= 15 is 0 Å². The van der Waals surface area contributed by atoms with E-state index in [1.807, 2.05) is 0 Å². The maximum absolute atomic E-state index is 5.66. The molecule has 0 spiro atoms. The zero-order valence-electron chi connectivity index (χ0n) is 9.50. The first-order valence-corrected chi connectivity index (χ1v) is 6.19. The minimum Gasteiger partial charge on any atom is -0.329 e. The molecule has 0 saturated carbocycles. The number of nitrogens with two attached hydrogens (primary N) is 1. The van der Waals surface area contributed by atoms with Crippen molar-refractivity contribution in [2.45, 2.75) is 37.8 Å². The molecule has 1 heterocycles. The zero-order chi connectivity index (χ0) is 11.0. The van der Waals surface area contributed by atoms with Crippen LogP contribution in [0.25, 0.3) is 0 Å². The fourth-order valence-corrected chi connectivity index (χ4v) is 2.80. The summed E-state index contributed by atoms with van der Waals surface area (Å²) in [5, 5.41) is 0. The summed E-state index contributed by atoms with van der Waals surface area (Å²) in [5.74, 6) is 0. The molecular formula is C13H19N3. The lowest BCUT2D eigenvalue weighted by Crippen LogP contribution is -2.35. The molecule has 0 amide bonds. The Morgan fingerprint density at radius 3 is 2.88 bits per heavy atom. The Kier molecular flexibility index (Phi) is 2.67. The molecular weight excluding hydrogens is 198 g/mol. The Bertz CT molecular complexity index is 389. The van der Waals surface area contributed by atoms with E-state index in [-0.39, 0.29) is 0 Å². The van der Waals surface area contributed by atoms with Gasteiger partial charge in [0.25, 0.3) is 0 Å². The third kappa shape index (κ3) is 1.75. The van der Waals surface area contributed by atoms with Crippen LogP contribution in [-0.2, 0) is 12.8 Å². The van der Waals surface area contributed by atoms with Gasteiger partial charge in [-0.25, -0.2) is 5.43 Å². The van der Waals surface area contributed by atoms with Crippen LogP contribution in [0.2, 0.25) is 0 Å². The minimum atomic E-state index is 0.415. The number of benzene rings is 1. The molecule has 1 saturated heterocycles. The highest BCUT2D eigenvalue weighted by molar-refractivity contribution is 5.36. The smallest absolute Gasteiger partial charge is 0.0478 e. The van der Waals surface area contributed by atoms with Crippen LogP contribution < -0.4 is 16.6 Å². The summed E-state index contributed by atoms with van der Waals surface area (Å²) >= 11 is 0. The Labute approximate surface area is 96.4 Å². The number of fused-ring (bicyclic) bond motifs is 1. The van der Waals surface area contributed by atoms with Gasteiger partial charge in [-0.1, -0.05) is 18.2 Å². The van der Waals surface area contributed by atoms with E-state index in [0.29, 0.717) is 18.6 Å². The normalized spacial score (nSPS) is 28.3. The molecule has 0 aromatic heterocycles. The average molecular weight is 217 g/mol. The van der Waals surface area contributed by atoms with Crippen molar-refractivity contribution in [1.82, 2.24) is 10.9 Å². The number of rotatable bonds is 2. The Morgan fingerprint density at radius 2 is 2.06 bits per heavy atom. The van der Waals surface area contributed by atoms with Gasteiger partial charge >= 0.3 is 0 Å². The lowest BCUT2D eigenvalue weighted by atomic mass is 9.98. The Morgan fingerprint density at radius 1 is 1.19 bits per heavy atom. The van der Waals surface area contributed by atoms with E-state index in [2.05, 4.69) is 29.1 Å². The third-order valence-electron chi connectivity index (χ3n) is 3.79. The van der Waals surface area contributed by atoms with Crippen molar-refractivity contribution in [3.05, 3.63) is 34.9 Å². The fraction of sp³-hybridized carbons (Fsp3) is 0.538. The van der Waals surface area contributed by atoms with Crippen LogP contribution in [0.15, 0.2) is 18.2 Å². The fourth-order valence-electron chi connectivity index (χ4n) is 2.80. The van der Waals surface area contributed by atoms with Crippen LogP contribution in [0.3, 0.4) is 0 Å². The second kappa shape index (κ2) is 4.17. The van der Waals surface area contributed by atoms with Gasteiger partial charge in [0.15, 0.2) is 0 Å². The summed E-state index contributed by atoms with van der Waals surface area (Å²) in [5.41, 5.74) is 16.7. The third-order valence-corrected chi connectivity index (χ3v) is 3.79. The number of hydrogen-bond acceptors (Lipinski definition) is 3. The molecule has 0 radical (unpaired) electrons. The molecule has 2 atom stereocenters. The molecule has 1 aromatic carbocycles. The second-order valence-corrected chi connectivity index (χ2v) is 4.89. The van der Waals surface area contributed by atoms with Gasteiger partial charge in [0, 0.05) is 18.6 Å². The van der Waals surface area contributed by atoms with Crippen LogP contribution in [0.1, 0.15) is 35.6 Å². The summed E-state index contributed by atoms with van der Waals surface area (Å²) in [4.78, 5) is 0. The molecule has 1 fully saturated rings. The van der Waals surface area contributed by atoms with Crippen LogP contribution in [0.5, 0.6) is 0 Å².